The molecule has 0 saturated carbocycles. The van der Waals surface area contributed by atoms with Gasteiger partial charge in [-0.3, -0.25) is 0 Å². The summed E-state index contributed by atoms with van der Waals surface area (Å²) in [5, 5.41) is 0. The summed E-state index contributed by atoms with van der Waals surface area (Å²) < 4.78 is 6.77. The van der Waals surface area contributed by atoms with Gasteiger partial charge in [0.2, 0.25) is 0 Å². The molecule has 0 amide bonds. The molecular formula is C10H19IO. The molecule has 0 N–H and O–H groups in total. The second-order valence-electron chi connectivity index (χ2n) is 4.34. The van der Waals surface area contributed by atoms with Crippen LogP contribution in [0.15, 0.2) is 0 Å². The largest absolute Gasteiger partial charge is 0.368 e. The SMILES string of the molecule is CCCCC(C)(C)[C@@H]1O[C@H]1CI. The van der Waals surface area contributed by atoms with Gasteiger partial charge >= 0.3 is 0 Å². The summed E-state index contributed by atoms with van der Waals surface area (Å²) in [4.78, 5) is 0. The molecule has 0 aliphatic carbocycles. The van der Waals surface area contributed by atoms with Crippen molar-refractivity contribution in [3.8, 4) is 0 Å². The van der Waals surface area contributed by atoms with Crippen LogP contribution in [-0.2, 0) is 4.74 Å². The van der Waals surface area contributed by atoms with Crippen molar-refractivity contribution in [1.29, 1.82) is 0 Å². The van der Waals surface area contributed by atoms with Crippen LogP contribution in [0, 0.1) is 5.41 Å². The molecule has 0 radical (unpaired) electrons. The van der Waals surface area contributed by atoms with E-state index >= 15 is 0 Å². The zero-order valence-electron chi connectivity index (χ0n) is 8.27. The quantitative estimate of drug-likeness (QED) is 0.428. The Kier molecular flexibility index (Phi) is 3.83. The van der Waals surface area contributed by atoms with Gasteiger partial charge in [-0.2, -0.15) is 0 Å². The lowest BCUT2D eigenvalue weighted by atomic mass is 9.83. The summed E-state index contributed by atoms with van der Waals surface area (Å²) in [5.41, 5.74) is 0.409. The lowest BCUT2D eigenvalue weighted by molar-refractivity contribution is 0.221. The number of halogens is 1. The molecule has 12 heavy (non-hydrogen) atoms. The first-order valence-corrected chi connectivity index (χ1v) is 6.36. The number of ether oxygens (including phenoxy) is 1. The molecule has 2 atom stereocenters. The highest BCUT2D eigenvalue weighted by molar-refractivity contribution is 14.1. The average molecular weight is 282 g/mol. The van der Waals surface area contributed by atoms with E-state index < -0.39 is 0 Å². The lowest BCUT2D eigenvalue weighted by Crippen LogP contribution is -2.21. The minimum absolute atomic E-state index is 0.409. The topological polar surface area (TPSA) is 12.5 Å². The summed E-state index contributed by atoms with van der Waals surface area (Å²) in [5.74, 6) is 0. The minimum atomic E-state index is 0.409. The van der Waals surface area contributed by atoms with E-state index in [9.17, 15) is 0 Å². The maximum absolute atomic E-state index is 5.62. The normalized spacial score (nSPS) is 29.0. The Morgan fingerprint density at radius 2 is 2.08 bits per heavy atom. The Morgan fingerprint density at radius 1 is 1.42 bits per heavy atom. The summed E-state index contributed by atoms with van der Waals surface area (Å²) in [6.45, 7) is 6.92. The molecule has 1 fully saturated rings. The zero-order valence-corrected chi connectivity index (χ0v) is 10.4. The van der Waals surface area contributed by atoms with Crippen LogP contribution in [0.25, 0.3) is 0 Å². The summed E-state index contributed by atoms with van der Waals surface area (Å²) in [7, 11) is 0. The van der Waals surface area contributed by atoms with Crippen LogP contribution < -0.4 is 0 Å². The fraction of sp³-hybridized carbons (Fsp3) is 1.00. The lowest BCUT2D eigenvalue weighted by Gasteiger charge is -2.21. The van der Waals surface area contributed by atoms with Crippen LogP contribution in [0.4, 0.5) is 0 Å². The maximum atomic E-state index is 5.62. The van der Waals surface area contributed by atoms with Gasteiger partial charge in [-0.15, -0.1) is 0 Å². The van der Waals surface area contributed by atoms with Gasteiger partial charge in [0.25, 0.3) is 0 Å². The molecular weight excluding hydrogens is 263 g/mol. The van der Waals surface area contributed by atoms with Crippen molar-refractivity contribution >= 4 is 22.6 Å². The number of alkyl halides is 1. The molecule has 1 saturated heterocycles. The molecule has 0 aromatic carbocycles. The van der Waals surface area contributed by atoms with Crippen molar-refractivity contribution in [3.05, 3.63) is 0 Å². The Balaban J connectivity index is 2.29. The summed E-state index contributed by atoms with van der Waals surface area (Å²) in [6, 6.07) is 0. The fourth-order valence-corrected chi connectivity index (χ4v) is 2.39. The van der Waals surface area contributed by atoms with Gasteiger partial charge in [0, 0.05) is 4.43 Å². The van der Waals surface area contributed by atoms with E-state index in [1.54, 1.807) is 0 Å². The highest BCUT2D eigenvalue weighted by Crippen LogP contribution is 2.42. The molecule has 0 unspecified atom stereocenters. The molecule has 0 bridgehead atoms. The Hall–Kier alpha value is 0.690. The van der Waals surface area contributed by atoms with Gasteiger partial charge in [-0.1, -0.05) is 56.2 Å². The first kappa shape index (κ1) is 10.8. The summed E-state index contributed by atoms with van der Waals surface area (Å²) in [6.07, 6.45) is 5.03. The molecule has 1 heterocycles. The van der Waals surface area contributed by atoms with Gasteiger partial charge in [0.1, 0.15) is 0 Å². The number of unbranched alkanes of at least 4 members (excludes halogenated alkanes) is 1. The van der Waals surface area contributed by atoms with Crippen LogP contribution in [0.5, 0.6) is 0 Å². The Bertz CT molecular complexity index is 145. The van der Waals surface area contributed by atoms with Crippen molar-refractivity contribution in [2.24, 2.45) is 5.41 Å². The minimum Gasteiger partial charge on any atom is -0.368 e. The molecule has 0 aromatic rings. The van der Waals surface area contributed by atoms with Crippen LogP contribution in [0.3, 0.4) is 0 Å². The van der Waals surface area contributed by atoms with Gasteiger partial charge in [-0.05, 0) is 11.8 Å². The van der Waals surface area contributed by atoms with Crippen molar-refractivity contribution in [3.63, 3.8) is 0 Å². The standard InChI is InChI=1S/C10H19IO/c1-4-5-6-10(2,3)9-8(7-11)12-9/h8-9H,4-7H2,1-3H3/t8-,9+/m0/s1. The van der Waals surface area contributed by atoms with E-state index in [2.05, 4.69) is 43.4 Å². The van der Waals surface area contributed by atoms with Gasteiger partial charge in [0.15, 0.2) is 0 Å². The fourth-order valence-electron chi connectivity index (χ4n) is 1.72. The second-order valence-corrected chi connectivity index (χ2v) is 5.22. The third-order valence-electron chi connectivity index (χ3n) is 2.68. The number of rotatable bonds is 5. The van der Waals surface area contributed by atoms with Crippen LogP contribution in [-0.4, -0.2) is 16.6 Å². The van der Waals surface area contributed by atoms with Crippen molar-refractivity contribution in [1.82, 2.24) is 0 Å². The molecule has 1 rings (SSSR count). The predicted molar refractivity (Wildman–Crippen MR) is 60.9 cm³/mol. The summed E-state index contributed by atoms with van der Waals surface area (Å²) >= 11 is 2.41. The van der Waals surface area contributed by atoms with E-state index in [0.717, 1.165) is 4.43 Å². The number of hydrogen-bond donors (Lipinski definition) is 0. The molecule has 0 aromatic heterocycles. The van der Waals surface area contributed by atoms with Gasteiger partial charge in [0.05, 0.1) is 12.2 Å². The highest BCUT2D eigenvalue weighted by atomic mass is 127. The first-order valence-electron chi connectivity index (χ1n) is 4.83. The van der Waals surface area contributed by atoms with Gasteiger partial charge < -0.3 is 4.74 Å². The molecule has 1 aliphatic rings. The smallest absolute Gasteiger partial charge is 0.0936 e. The zero-order chi connectivity index (χ0) is 9.19. The second kappa shape index (κ2) is 4.27. The van der Waals surface area contributed by atoms with E-state index in [-0.39, 0.29) is 0 Å². The molecule has 1 nitrogen and oxygen atoms in total. The van der Waals surface area contributed by atoms with E-state index in [1.165, 1.54) is 19.3 Å². The van der Waals surface area contributed by atoms with Crippen molar-refractivity contribution in [2.45, 2.75) is 52.2 Å². The van der Waals surface area contributed by atoms with Crippen LogP contribution in [0.2, 0.25) is 0 Å². The molecule has 2 heteroatoms. The van der Waals surface area contributed by atoms with E-state index in [0.29, 0.717) is 17.6 Å². The number of epoxide rings is 1. The maximum Gasteiger partial charge on any atom is 0.0936 e. The van der Waals surface area contributed by atoms with Crippen molar-refractivity contribution in [2.75, 3.05) is 4.43 Å². The van der Waals surface area contributed by atoms with Crippen LogP contribution in [0.1, 0.15) is 40.0 Å². The van der Waals surface area contributed by atoms with E-state index in [4.69, 9.17) is 4.74 Å². The third-order valence-corrected chi connectivity index (χ3v) is 3.55. The molecule has 1 aliphatic heterocycles. The number of hydrogen-bond acceptors (Lipinski definition) is 1. The van der Waals surface area contributed by atoms with Crippen LogP contribution >= 0.6 is 22.6 Å². The van der Waals surface area contributed by atoms with Gasteiger partial charge in [-0.25, -0.2) is 0 Å². The third kappa shape index (κ3) is 2.59. The Morgan fingerprint density at radius 3 is 2.50 bits per heavy atom. The first-order chi connectivity index (χ1) is 5.61. The van der Waals surface area contributed by atoms with E-state index in [1.807, 2.05) is 0 Å². The van der Waals surface area contributed by atoms with Crippen molar-refractivity contribution < 1.29 is 4.74 Å². The monoisotopic (exact) mass is 282 g/mol. The highest BCUT2D eigenvalue weighted by Gasteiger charge is 2.48. The average Bonchev–Trinajstić information content (AvgIpc) is 2.80. The molecule has 0 spiro atoms. The predicted octanol–water partition coefficient (Wildman–Crippen LogP) is 3.41. The molecule has 72 valence electrons. The Labute approximate surface area is 89.4 Å².